The summed E-state index contributed by atoms with van der Waals surface area (Å²) in [4.78, 5) is 9.40. The predicted molar refractivity (Wildman–Crippen MR) is 129 cm³/mol. The lowest BCUT2D eigenvalue weighted by atomic mass is 10.0. The van der Waals surface area contributed by atoms with Gasteiger partial charge < -0.3 is 20.3 Å². The maximum absolute atomic E-state index is 5.71. The van der Waals surface area contributed by atoms with Crippen LogP contribution in [0.15, 0.2) is 29.3 Å². The zero-order chi connectivity index (χ0) is 19.6. The van der Waals surface area contributed by atoms with E-state index in [4.69, 9.17) is 4.74 Å². The van der Waals surface area contributed by atoms with Gasteiger partial charge in [0.25, 0.3) is 0 Å². The number of likely N-dealkylation sites (N-methyl/N-ethyl adjacent to an activating group) is 1. The fraction of sp³-hybridized carbons (Fsp3) is 0.667. The Morgan fingerprint density at radius 3 is 2.43 bits per heavy atom. The highest BCUT2D eigenvalue weighted by Gasteiger charge is 2.25. The lowest BCUT2D eigenvalue weighted by molar-refractivity contribution is 0.0900. The fourth-order valence-electron chi connectivity index (χ4n) is 3.49. The largest absolute Gasteiger partial charge is 0.494 e. The van der Waals surface area contributed by atoms with E-state index in [1.165, 1.54) is 0 Å². The molecule has 1 saturated heterocycles. The number of para-hydroxylation sites is 1. The summed E-state index contributed by atoms with van der Waals surface area (Å²) >= 11 is 0. The number of halogens is 1. The van der Waals surface area contributed by atoms with Gasteiger partial charge in [-0.2, -0.15) is 0 Å². The van der Waals surface area contributed by atoms with Gasteiger partial charge in [0, 0.05) is 57.9 Å². The first-order chi connectivity index (χ1) is 13.0. The van der Waals surface area contributed by atoms with Crippen molar-refractivity contribution >= 4 is 29.9 Å². The summed E-state index contributed by atoms with van der Waals surface area (Å²) < 4.78 is 5.71. The second-order valence-electron chi connectivity index (χ2n) is 7.50. The topological polar surface area (TPSA) is 52.1 Å². The monoisotopic (exact) mass is 503 g/mol. The summed E-state index contributed by atoms with van der Waals surface area (Å²) in [5.74, 6) is 2.36. The average Bonchev–Trinajstić information content (AvgIpc) is 2.67. The third-order valence-electron chi connectivity index (χ3n) is 5.20. The number of hydrogen-bond donors (Lipinski definition) is 2. The van der Waals surface area contributed by atoms with Gasteiger partial charge in [-0.05, 0) is 26.0 Å². The molecule has 28 heavy (non-hydrogen) atoms. The van der Waals surface area contributed by atoms with Crippen LogP contribution >= 0.6 is 24.0 Å². The number of rotatable bonds is 8. The molecule has 6 nitrogen and oxygen atoms in total. The van der Waals surface area contributed by atoms with Crippen LogP contribution in [0, 0.1) is 5.92 Å². The molecule has 1 aromatic carbocycles. The summed E-state index contributed by atoms with van der Waals surface area (Å²) in [7, 11) is 4.02. The van der Waals surface area contributed by atoms with Crippen LogP contribution in [0.25, 0.3) is 0 Å². The molecule has 1 fully saturated rings. The maximum Gasteiger partial charge on any atom is 0.191 e. The highest BCUT2D eigenvalue weighted by Crippen LogP contribution is 2.17. The van der Waals surface area contributed by atoms with Crippen molar-refractivity contribution in [2.75, 3.05) is 53.4 Å². The molecule has 7 heteroatoms. The molecular formula is C21H38IN5O. The van der Waals surface area contributed by atoms with Crippen LogP contribution in [0.2, 0.25) is 0 Å². The molecule has 160 valence electrons. The Hall–Kier alpha value is -1.06. The standard InChI is InChI=1S/C21H37N5O.HI/c1-6-27-20-10-8-7-9-18(20)15-23-21(22-4)24-16-19(17(2)3)26-13-11-25(5)12-14-26;/h7-10,17,19H,6,11-16H2,1-5H3,(H2,22,23,24);1H. The molecule has 0 saturated carbocycles. The van der Waals surface area contributed by atoms with Crippen molar-refractivity contribution in [2.24, 2.45) is 10.9 Å². The van der Waals surface area contributed by atoms with Gasteiger partial charge in [0.2, 0.25) is 0 Å². The first-order valence-electron chi connectivity index (χ1n) is 10.1. The normalized spacial score (nSPS) is 17.1. The number of guanidine groups is 1. The van der Waals surface area contributed by atoms with Gasteiger partial charge in [-0.15, -0.1) is 24.0 Å². The number of piperazine rings is 1. The Labute approximate surface area is 188 Å². The minimum Gasteiger partial charge on any atom is -0.494 e. The lowest BCUT2D eigenvalue weighted by Crippen LogP contribution is -2.55. The van der Waals surface area contributed by atoms with Crippen molar-refractivity contribution in [3.63, 3.8) is 0 Å². The van der Waals surface area contributed by atoms with E-state index in [2.05, 4.69) is 52.4 Å². The van der Waals surface area contributed by atoms with Crippen LogP contribution < -0.4 is 15.4 Å². The SMILES string of the molecule is CCOc1ccccc1CNC(=NC)NCC(C(C)C)N1CCN(C)CC1.I. The molecule has 0 bridgehead atoms. The second kappa shape index (κ2) is 13.2. The summed E-state index contributed by atoms with van der Waals surface area (Å²) in [6, 6.07) is 8.65. The number of nitrogens with zero attached hydrogens (tertiary/aromatic N) is 3. The molecule has 0 aliphatic carbocycles. The Bertz CT molecular complexity index is 588. The van der Waals surface area contributed by atoms with Crippen LogP contribution in [0.1, 0.15) is 26.3 Å². The minimum atomic E-state index is 0. The predicted octanol–water partition coefficient (Wildman–Crippen LogP) is 2.64. The summed E-state index contributed by atoms with van der Waals surface area (Å²) in [6.45, 7) is 13.4. The minimum absolute atomic E-state index is 0. The Morgan fingerprint density at radius 1 is 1.14 bits per heavy atom. The number of aliphatic imine (C=N–C) groups is 1. The number of nitrogens with one attached hydrogen (secondary N) is 2. The molecule has 1 aliphatic rings. The van der Waals surface area contributed by atoms with Crippen LogP contribution in [0.4, 0.5) is 0 Å². The molecule has 0 radical (unpaired) electrons. The number of benzene rings is 1. The Balaban J connectivity index is 0.00000392. The zero-order valence-electron chi connectivity index (χ0n) is 18.1. The van der Waals surface area contributed by atoms with Gasteiger partial charge in [0.05, 0.1) is 6.61 Å². The van der Waals surface area contributed by atoms with E-state index in [1.54, 1.807) is 0 Å². The van der Waals surface area contributed by atoms with Gasteiger partial charge in [0.15, 0.2) is 5.96 Å². The summed E-state index contributed by atoms with van der Waals surface area (Å²) in [5, 5.41) is 6.94. The second-order valence-corrected chi connectivity index (χ2v) is 7.50. The summed E-state index contributed by atoms with van der Waals surface area (Å²) in [5.41, 5.74) is 1.14. The van der Waals surface area contributed by atoms with E-state index in [0.717, 1.165) is 50.0 Å². The van der Waals surface area contributed by atoms with Crippen molar-refractivity contribution in [3.8, 4) is 5.75 Å². The smallest absolute Gasteiger partial charge is 0.191 e. The van der Waals surface area contributed by atoms with Crippen LogP contribution in [0.5, 0.6) is 5.75 Å². The Morgan fingerprint density at radius 2 is 1.82 bits per heavy atom. The van der Waals surface area contributed by atoms with Crippen molar-refractivity contribution in [3.05, 3.63) is 29.8 Å². The maximum atomic E-state index is 5.71. The number of hydrogen-bond acceptors (Lipinski definition) is 4. The molecule has 1 unspecified atom stereocenters. The molecule has 1 aliphatic heterocycles. The molecule has 0 aromatic heterocycles. The average molecular weight is 503 g/mol. The molecule has 1 heterocycles. The van der Waals surface area contributed by atoms with Crippen LogP contribution in [-0.4, -0.2) is 75.2 Å². The van der Waals surface area contributed by atoms with Gasteiger partial charge in [-0.3, -0.25) is 9.89 Å². The third-order valence-corrected chi connectivity index (χ3v) is 5.20. The van der Waals surface area contributed by atoms with E-state index in [-0.39, 0.29) is 24.0 Å². The van der Waals surface area contributed by atoms with Crippen LogP contribution in [-0.2, 0) is 6.54 Å². The first-order valence-corrected chi connectivity index (χ1v) is 10.1. The highest BCUT2D eigenvalue weighted by atomic mass is 127. The van der Waals surface area contributed by atoms with E-state index in [1.807, 2.05) is 32.2 Å². The van der Waals surface area contributed by atoms with Gasteiger partial charge in [-0.25, -0.2) is 0 Å². The van der Waals surface area contributed by atoms with Crippen molar-refractivity contribution in [2.45, 2.75) is 33.4 Å². The molecule has 2 rings (SSSR count). The molecular weight excluding hydrogens is 465 g/mol. The van der Waals surface area contributed by atoms with Crippen molar-refractivity contribution in [1.29, 1.82) is 0 Å². The van der Waals surface area contributed by atoms with Crippen molar-refractivity contribution < 1.29 is 4.74 Å². The van der Waals surface area contributed by atoms with Crippen molar-refractivity contribution in [1.82, 2.24) is 20.4 Å². The van der Waals surface area contributed by atoms with E-state index in [9.17, 15) is 0 Å². The molecule has 0 amide bonds. The molecule has 1 atom stereocenters. The zero-order valence-corrected chi connectivity index (χ0v) is 20.4. The van der Waals surface area contributed by atoms with E-state index in [0.29, 0.717) is 25.1 Å². The first kappa shape index (κ1) is 25.0. The van der Waals surface area contributed by atoms with E-state index >= 15 is 0 Å². The fourth-order valence-corrected chi connectivity index (χ4v) is 3.49. The third kappa shape index (κ3) is 7.75. The lowest BCUT2D eigenvalue weighted by Gasteiger charge is -2.40. The Kier molecular flexibility index (Phi) is 11.8. The summed E-state index contributed by atoms with van der Waals surface area (Å²) in [6.07, 6.45) is 0. The highest BCUT2D eigenvalue weighted by molar-refractivity contribution is 14.0. The van der Waals surface area contributed by atoms with E-state index < -0.39 is 0 Å². The van der Waals surface area contributed by atoms with Crippen LogP contribution in [0.3, 0.4) is 0 Å². The van der Waals surface area contributed by atoms with Gasteiger partial charge in [-0.1, -0.05) is 32.0 Å². The van der Waals surface area contributed by atoms with Gasteiger partial charge in [0.1, 0.15) is 5.75 Å². The van der Waals surface area contributed by atoms with Gasteiger partial charge >= 0.3 is 0 Å². The molecule has 1 aromatic rings. The quantitative estimate of drug-likeness (QED) is 0.325. The number of ether oxygens (including phenoxy) is 1. The molecule has 0 spiro atoms. The molecule has 2 N–H and O–H groups in total.